The monoisotopic (exact) mass is 412 g/mol. The fraction of sp³-hybridized carbons (Fsp3) is 0.333. The molecule has 0 spiro atoms. The summed E-state index contributed by atoms with van der Waals surface area (Å²) in [6, 6.07) is 4.25. The molecule has 0 radical (unpaired) electrons. The van der Waals surface area contributed by atoms with Gasteiger partial charge >= 0.3 is 7.05 Å². The Balaban J connectivity index is 0.000000171. The first kappa shape index (κ1) is 19.6. The molecule has 4 aromatic heterocycles. The Kier molecular flexibility index (Phi) is 5.93. The highest BCUT2D eigenvalue weighted by molar-refractivity contribution is 6.45. The van der Waals surface area contributed by atoms with Crippen molar-refractivity contribution in [3.05, 3.63) is 42.3 Å². The second-order valence-corrected chi connectivity index (χ2v) is 7.30. The summed E-state index contributed by atoms with van der Waals surface area (Å²) in [6.07, 6.45) is 8.74. The Morgan fingerprint density at radius 3 is 2.31 bits per heavy atom. The minimum atomic E-state index is -0.438. The Morgan fingerprint density at radius 2 is 1.66 bits per heavy atom. The van der Waals surface area contributed by atoms with Crippen molar-refractivity contribution in [2.75, 3.05) is 18.0 Å². The molecule has 11 heteroatoms. The van der Waals surface area contributed by atoms with Gasteiger partial charge in [0, 0.05) is 31.5 Å². The number of H-pyrrole nitrogens is 2. The topological polar surface area (TPSA) is 119 Å². The van der Waals surface area contributed by atoms with Crippen LogP contribution < -0.4 is 10.1 Å². The van der Waals surface area contributed by atoms with Crippen molar-refractivity contribution in [2.45, 2.75) is 25.7 Å². The Labute approximate surface area is 173 Å². The van der Waals surface area contributed by atoms with Gasteiger partial charge in [-0.25, -0.2) is 19.9 Å². The van der Waals surface area contributed by atoms with Crippen molar-refractivity contribution in [1.82, 2.24) is 35.1 Å². The molecule has 1 saturated heterocycles. The van der Waals surface area contributed by atoms with Crippen LogP contribution in [0.25, 0.3) is 22.1 Å². The van der Waals surface area contributed by atoms with E-state index in [1.807, 2.05) is 18.3 Å². The van der Waals surface area contributed by atoms with Gasteiger partial charge in [-0.05, 0) is 31.8 Å². The molecule has 5 heterocycles. The number of aromatic amines is 2. The predicted octanol–water partition coefficient (Wildman–Crippen LogP) is 2.24. The second kappa shape index (κ2) is 8.77. The molecule has 0 aromatic carbocycles. The number of rotatable bonds is 3. The van der Waals surface area contributed by atoms with Crippen molar-refractivity contribution < 1.29 is 5.02 Å². The molecular weight excluding hydrogens is 391 g/mol. The van der Waals surface area contributed by atoms with Crippen molar-refractivity contribution in [3.8, 4) is 0 Å². The number of piperidine rings is 1. The van der Waals surface area contributed by atoms with Gasteiger partial charge in [-0.15, -0.1) is 0 Å². The summed E-state index contributed by atoms with van der Waals surface area (Å²) in [5.41, 5.74) is 1.66. The van der Waals surface area contributed by atoms with Gasteiger partial charge in [-0.2, -0.15) is 0 Å². The summed E-state index contributed by atoms with van der Waals surface area (Å²) < 4.78 is 0. The minimum Gasteiger partial charge on any atom is -0.437 e. The molecule has 5 rings (SSSR count). The van der Waals surface area contributed by atoms with Gasteiger partial charge in [-0.3, -0.25) is 0 Å². The van der Waals surface area contributed by atoms with Crippen LogP contribution >= 0.6 is 11.6 Å². The first-order chi connectivity index (χ1) is 14.1. The first-order valence-electron chi connectivity index (χ1n) is 9.52. The standard InChI is InChI=1S/C12H18BN5O.C6H4ClN3/c1-13(19)17-9-3-6-18(7-4-9)12-10-2-5-14-11(10)15-8-16-12;7-5-4-1-2-8-6(4)10-3-9-5/h2,5,8-9,17,19H,3-4,6-7H2,1H3,(H,14,15,16);1-3H,(H,8,9,10). The normalized spacial score (nSPS) is 14.8. The van der Waals surface area contributed by atoms with E-state index >= 15 is 0 Å². The van der Waals surface area contributed by atoms with E-state index in [1.54, 1.807) is 19.3 Å². The number of anilines is 1. The second-order valence-electron chi connectivity index (χ2n) is 6.95. The zero-order chi connectivity index (χ0) is 20.2. The third-order valence-corrected chi connectivity index (χ3v) is 5.21. The maximum absolute atomic E-state index is 9.35. The molecule has 0 aliphatic carbocycles. The van der Waals surface area contributed by atoms with Gasteiger partial charge in [0.15, 0.2) is 0 Å². The zero-order valence-electron chi connectivity index (χ0n) is 16.0. The minimum absolute atomic E-state index is 0.389. The van der Waals surface area contributed by atoms with Crippen molar-refractivity contribution >= 4 is 46.5 Å². The van der Waals surface area contributed by atoms with E-state index in [1.165, 1.54) is 6.33 Å². The van der Waals surface area contributed by atoms with E-state index in [2.05, 4.69) is 40.0 Å². The number of fused-ring (bicyclic) bond motifs is 2. The molecule has 29 heavy (non-hydrogen) atoms. The predicted molar refractivity (Wildman–Crippen MR) is 115 cm³/mol. The number of halogens is 1. The lowest BCUT2D eigenvalue weighted by Crippen LogP contribution is -2.47. The lowest BCUT2D eigenvalue weighted by molar-refractivity contribution is 0.440. The van der Waals surface area contributed by atoms with Crippen LogP contribution in [-0.2, 0) is 0 Å². The van der Waals surface area contributed by atoms with E-state index < -0.39 is 7.05 Å². The highest BCUT2D eigenvalue weighted by atomic mass is 35.5. The lowest BCUT2D eigenvalue weighted by Gasteiger charge is -2.33. The molecule has 4 aromatic rings. The number of hydrogen-bond donors (Lipinski definition) is 4. The molecule has 1 fully saturated rings. The molecule has 4 N–H and O–H groups in total. The Bertz CT molecular complexity index is 1080. The van der Waals surface area contributed by atoms with E-state index in [0.29, 0.717) is 11.2 Å². The zero-order valence-corrected chi connectivity index (χ0v) is 16.8. The number of nitrogens with one attached hydrogen (secondary N) is 3. The van der Waals surface area contributed by atoms with Gasteiger partial charge in [0.25, 0.3) is 0 Å². The summed E-state index contributed by atoms with van der Waals surface area (Å²) in [5.74, 6) is 1.00. The molecule has 150 valence electrons. The van der Waals surface area contributed by atoms with E-state index in [4.69, 9.17) is 11.6 Å². The average Bonchev–Trinajstić information content (AvgIpc) is 3.38. The number of nitrogens with zero attached hydrogens (tertiary/aromatic N) is 5. The van der Waals surface area contributed by atoms with Crippen LogP contribution in [0, 0.1) is 0 Å². The SMILES string of the molecule is CB(O)NC1CCN(c2ncnc3[nH]ccc23)CC1.Clc1ncnc2[nH]ccc12. The van der Waals surface area contributed by atoms with Crippen molar-refractivity contribution in [1.29, 1.82) is 0 Å². The third-order valence-electron chi connectivity index (χ3n) is 4.91. The Hall–Kier alpha value is -2.69. The maximum atomic E-state index is 9.35. The molecule has 1 aliphatic rings. The van der Waals surface area contributed by atoms with Gasteiger partial charge in [0.2, 0.25) is 0 Å². The van der Waals surface area contributed by atoms with Crippen LogP contribution in [0.4, 0.5) is 5.82 Å². The number of hydrogen-bond acceptors (Lipinski definition) is 7. The van der Waals surface area contributed by atoms with Gasteiger partial charge < -0.3 is 25.1 Å². The molecule has 0 amide bonds. The third kappa shape index (κ3) is 4.50. The maximum Gasteiger partial charge on any atom is 0.373 e. The molecule has 9 nitrogen and oxygen atoms in total. The summed E-state index contributed by atoms with van der Waals surface area (Å²) in [6.45, 7) is 3.66. The molecule has 0 bridgehead atoms. The summed E-state index contributed by atoms with van der Waals surface area (Å²) >= 11 is 5.73. The largest absolute Gasteiger partial charge is 0.437 e. The van der Waals surface area contributed by atoms with Gasteiger partial charge in [-0.1, -0.05) is 11.6 Å². The molecule has 1 aliphatic heterocycles. The average molecular weight is 413 g/mol. The van der Waals surface area contributed by atoms with Gasteiger partial charge in [0.1, 0.15) is 34.9 Å². The van der Waals surface area contributed by atoms with Crippen LogP contribution in [0.5, 0.6) is 0 Å². The van der Waals surface area contributed by atoms with E-state index in [-0.39, 0.29) is 0 Å². The van der Waals surface area contributed by atoms with Crippen LogP contribution in [0.15, 0.2) is 37.2 Å². The quantitative estimate of drug-likeness (QED) is 0.301. The smallest absolute Gasteiger partial charge is 0.373 e. The van der Waals surface area contributed by atoms with Gasteiger partial charge in [0.05, 0.1) is 10.8 Å². The lowest BCUT2D eigenvalue weighted by atomic mass is 9.85. The summed E-state index contributed by atoms with van der Waals surface area (Å²) in [4.78, 5) is 24.7. The number of aromatic nitrogens is 6. The molecule has 0 unspecified atom stereocenters. The summed E-state index contributed by atoms with van der Waals surface area (Å²) in [5, 5.41) is 15.0. The molecular formula is C18H22BClN8O. The van der Waals surface area contributed by atoms with E-state index in [0.717, 1.165) is 53.8 Å². The first-order valence-corrected chi connectivity index (χ1v) is 9.90. The van der Waals surface area contributed by atoms with Crippen molar-refractivity contribution in [3.63, 3.8) is 0 Å². The van der Waals surface area contributed by atoms with Crippen LogP contribution in [0.1, 0.15) is 12.8 Å². The highest BCUT2D eigenvalue weighted by Crippen LogP contribution is 2.25. The van der Waals surface area contributed by atoms with E-state index in [9.17, 15) is 5.02 Å². The fourth-order valence-electron chi connectivity index (χ4n) is 3.55. The fourth-order valence-corrected chi connectivity index (χ4v) is 3.75. The van der Waals surface area contributed by atoms with Crippen molar-refractivity contribution in [2.24, 2.45) is 0 Å². The van der Waals surface area contributed by atoms with Crippen LogP contribution in [0.3, 0.4) is 0 Å². The Morgan fingerprint density at radius 1 is 1.03 bits per heavy atom. The van der Waals surface area contributed by atoms with Crippen LogP contribution in [0.2, 0.25) is 12.0 Å². The molecule has 0 saturated carbocycles. The highest BCUT2D eigenvalue weighted by Gasteiger charge is 2.23. The molecule has 0 atom stereocenters. The van der Waals surface area contributed by atoms with Crippen LogP contribution in [-0.4, -0.2) is 61.1 Å². The summed E-state index contributed by atoms with van der Waals surface area (Å²) in [7, 11) is -0.438.